The normalized spacial score (nSPS) is 17.0. The van der Waals surface area contributed by atoms with E-state index in [9.17, 15) is 19.0 Å². The molecule has 3 rings (SSSR count). The molecule has 0 aliphatic carbocycles. The summed E-state index contributed by atoms with van der Waals surface area (Å²) in [5.74, 6) is -0.255. The number of likely N-dealkylation sites (N-methyl/N-ethyl adjacent to an activating group) is 1. The zero-order chi connectivity index (χ0) is 35.4. The lowest BCUT2D eigenvalue weighted by Crippen LogP contribution is -2.37. The van der Waals surface area contributed by atoms with Crippen LogP contribution in [-0.4, -0.2) is 94.3 Å². The summed E-state index contributed by atoms with van der Waals surface area (Å²) in [5, 5.41) is 5.39. The minimum Gasteiger partial charge on any atom is -0.463 e. The summed E-state index contributed by atoms with van der Waals surface area (Å²) in [6, 6.07) is 14.4. The Hall–Kier alpha value is -2.37. The first kappa shape index (κ1) is 41.1. The van der Waals surface area contributed by atoms with Gasteiger partial charge in [-0.25, -0.2) is 4.57 Å². The molecule has 1 heterocycles. The molecule has 11 nitrogen and oxygen atoms in total. The molecule has 0 saturated carbocycles. The van der Waals surface area contributed by atoms with Crippen LogP contribution in [0.15, 0.2) is 42.5 Å². The molecule has 49 heavy (non-hydrogen) atoms. The molecule has 276 valence electrons. The Bertz CT molecular complexity index is 1300. The van der Waals surface area contributed by atoms with E-state index in [1.54, 1.807) is 0 Å². The van der Waals surface area contributed by atoms with Crippen LogP contribution in [0.3, 0.4) is 0 Å². The van der Waals surface area contributed by atoms with Gasteiger partial charge in [-0.15, -0.1) is 0 Å². The van der Waals surface area contributed by atoms with E-state index >= 15 is 0 Å². The highest BCUT2D eigenvalue weighted by Gasteiger charge is 2.28. The van der Waals surface area contributed by atoms with Crippen molar-refractivity contribution in [2.75, 3.05) is 60.7 Å². The highest BCUT2D eigenvalue weighted by Crippen LogP contribution is 2.43. The molecule has 2 aromatic rings. The Balaban J connectivity index is 1.18. The zero-order valence-electron chi connectivity index (χ0n) is 29.9. The largest absolute Gasteiger partial charge is 0.472 e. The monoisotopic (exact) mass is 707 g/mol. The number of nitrogens with one attached hydrogen (secondary N) is 1. The van der Waals surface area contributed by atoms with Gasteiger partial charge in [0, 0.05) is 19.6 Å². The molecule has 0 bridgehead atoms. The summed E-state index contributed by atoms with van der Waals surface area (Å²) in [4.78, 5) is 34.8. The third-order valence-corrected chi connectivity index (χ3v) is 9.40. The van der Waals surface area contributed by atoms with Gasteiger partial charge in [0.2, 0.25) is 5.91 Å². The summed E-state index contributed by atoms with van der Waals surface area (Å²) in [7, 11) is 1.59. The maximum Gasteiger partial charge on any atom is 0.472 e. The zero-order valence-corrected chi connectivity index (χ0v) is 30.8. The standard InChI is InChI=1S/C37H59N2O9P/c1-39(2,3)24-26-46-49(42,43)47-30-34(48-37-20-14-16-25-44-37)29-45-36(41)19-11-9-7-5-4-6-8-10-15-23-38-35(40)28-31-21-22-32-17-12-13-18-33(32)27-31/h12-13,17-18,21-22,27,34,37H,4-11,14-16,19-20,23-26,28-30H2,1-3H3,(H-,38,40,42,43)/p+1/t34-,37?/m0/s1. The number of carbonyl (C=O) groups excluding carboxylic acids is 2. The van der Waals surface area contributed by atoms with Crippen molar-refractivity contribution in [1.82, 2.24) is 5.32 Å². The number of carbonyl (C=O) groups is 2. The van der Waals surface area contributed by atoms with Gasteiger partial charge in [-0.1, -0.05) is 87.4 Å². The van der Waals surface area contributed by atoms with Crippen LogP contribution in [0.1, 0.15) is 89.0 Å². The number of amides is 1. The minimum absolute atomic E-state index is 0.0682. The second kappa shape index (κ2) is 22.4. The third kappa shape index (κ3) is 19.0. The van der Waals surface area contributed by atoms with Crippen LogP contribution < -0.4 is 5.32 Å². The van der Waals surface area contributed by atoms with Crippen molar-refractivity contribution in [1.29, 1.82) is 0 Å². The first-order chi connectivity index (χ1) is 23.5. The number of unbranched alkanes of at least 4 members (excludes halogenated alkanes) is 8. The number of fused-ring (bicyclic) bond motifs is 1. The molecule has 1 fully saturated rings. The predicted molar refractivity (Wildman–Crippen MR) is 191 cm³/mol. The molecule has 1 amide bonds. The number of phosphoric ester groups is 1. The Morgan fingerprint density at radius 3 is 2.31 bits per heavy atom. The first-order valence-corrected chi connectivity index (χ1v) is 19.6. The Labute approximate surface area is 293 Å². The van der Waals surface area contributed by atoms with Crippen LogP contribution in [0.5, 0.6) is 0 Å². The van der Waals surface area contributed by atoms with Crippen molar-refractivity contribution in [3.63, 3.8) is 0 Å². The van der Waals surface area contributed by atoms with E-state index in [0.717, 1.165) is 75.2 Å². The Morgan fingerprint density at radius 2 is 1.61 bits per heavy atom. The van der Waals surface area contributed by atoms with E-state index < -0.39 is 20.2 Å². The van der Waals surface area contributed by atoms with Crippen LogP contribution in [0.2, 0.25) is 0 Å². The molecule has 2 N–H and O–H groups in total. The summed E-state index contributed by atoms with van der Waals surface area (Å²) < 4.78 is 40.2. The molecular formula is C37H60N2O9P+. The number of hydrogen-bond donors (Lipinski definition) is 2. The van der Waals surface area contributed by atoms with Gasteiger partial charge in [-0.3, -0.25) is 18.6 Å². The van der Waals surface area contributed by atoms with E-state index in [1.165, 1.54) is 11.8 Å². The number of hydrogen-bond acceptors (Lipinski definition) is 8. The quantitative estimate of drug-likeness (QED) is 0.0502. The van der Waals surface area contributed by atoms with Crippen LogP contribution in [0, 0.1) is 0 Å². The maximum atomic E-state index is 12.4. The molecule has 12 heteroatoms. The van der Waals surface area contributed by atoms with Gasteiger partial charge >= 0.3 is 13.8 Å². The van der Waals surface area contributed by atoms with Crippen LogP contribution in [0.4, 0.5) is 0 Å². The third-order valence-electron chi connectivity index (χ3n) is 8.41. The fraction of sp³-hybridized carbons (Fsp3) is 0.676. The van der Waals surface area contributed by atoms with E-state index in [4.69, 9.17) is 23.3 Å². The Kier molecular flexibility index (Phi) is 18.8. The van der Waals surface area contributed by atoms with Crippen molar-refractivity contribution < 1.29 is 46.8 Å². The highest BCUT2D eigenvalue weighted by molar-refractivity contribution is 7.47. The van der Waals surface area contributed by atoms with Crippen molar-refractivity contribution in [2.45, 2.75) is 102 Å². The van der Waals surface area contributed by atoms with Crippen molar-refractivity contribution >= 4 is 30.5 Å². The fourth-order valence-electron chi connectivity index (χ4n) is 5.52. The highest BCUT2D eigenvalue weighted by atomic mass is 31.2. The minimum atomic E-state index is -4.28. The second-order valence-electron chi connectivity index (χ2n) is 14.0. The molecular weight excluding hydrogens is 647 g/mol. The molecule has 1 aliphatic heterocycles. The van der Waals surface area contributed by atoms with Gasteiger partial charge in [-0.05, 0) is 48.4 Å². The number of nitrogens with zero attached hydrogens (tertiary/aromatic N) is 1. The molecule has 2 unspecified atom stereocenters. The number of ether oxygens (including phenoxy) is 3. The average molecular weight is 708 g/mol. The molecule has 1 aliphatic rings. The lowest BCUT2D eigenvalue weighted by atomic mass is 10.0. The number of rotatable bonds is 25. The van der Waals surface area contributed by atoms with E-state index in [2.05, 4.69) is 29.6 Å². The number of phosphoric acid groups is 1. The van der Waals surface area contributed by atoms with Crippen molar-refractivity contribution in [2.24, 2.45) is 0 Å². The van der Waals surface area contributed by atoms with Crippen LogP contribution in [0.25, 0.3) is 10.8 Å². The SMILES string of the molecule is C[N+](C)(C)CCOP(=O)(O)OC[C@H](COC(=O)CCCCCCCCCCCNC(=O)Cc1ccc2ccccc2c1)OC1CCCCO1. The number of benzene rings is 2. The molecule has 0 spiro atoms. The average Bonchev–Trinajstić information content (AvgIpc) is 3.06. The van der Waals surface area contributed by atoms with Gasteiger partial charge in [0.1, 0.15) is 25.9 Å². The molecule has 0 aromatic heterocycles. The molecule has 2 aromatic carbocycles. The lowest BCUT2D eigenvalue weighted by Gasteiger charge is -2.28. The molecule has 1 saturated heterocycles. The first-order valence-electron chi connectivity index (χ1n) is 18.1. The van der Waals surface area contributed by atoms with Gasteiger partial charge in [0.15, 0.2) is 6.29 Å². The summed E-state index contributed by atoms with van der Waals surface area (Å²) in [5.41, 5.74) is 1.03. The predicted octanol–water partition coefficient (Wildman–Crippen LogP) is 6.69. The maximum absolute atomic E-state index is 12.4. The number of quaternary nitrogens is 1. The molecule has 3 atom stereocenters. The smallest absolute Gasteiger partial charge is 0.463 e. The molecule has 0 radical (unpaired) electrons. The topological polar surface area (TPSA) is 130 Å². The van der Waals surface area contributed by atoms with E-state index in [0.29, 0.717) is 43.4 Å². The summed E-state index contributed by atoms with van der Waals surface area (Å²) >= 11 is 0. The number of esters is 1. The Morgan fingerprint density at radius 1 is 0.918 bits per heavy atom. The van der Waals surface area contributed by atoms with Crippen LogP contribution in [-0.2, 0) is 43.8 Å². The summed E-state index contributed by atoms with van der Waals surface area (Å²) in [6.07, 6.45) is 11.6. The van der Waals surface area contributed by atoms with Gasteiger partial charge in [-0.2, -0.15) is 0 Å². The fourth-order valence-corrected chi connectivity index (χ4v) is 6.26. The van der Waals surface area contributed by atoms with Gasteiger partial charge in [0.25, 0.3) is 0 Å². The van der Waals surface area contributed by atoms with E-state index in [-0.39, 0.29) is 31.7 Å². The van der Waals surface area contributed by atoms with Gasteiger partial charge < -0.3 is 28.9 Å². The van der Waals surface area contributed by atoms with Crippen molar-refractivity contribution in [3.05, 3.63) is 48.0 Å². The summed E-state index contributed by atoms with van der Waals surface area (Å²) in [6.45, 7) is 1.55. The van der Waals surface area contributed by atoms with Gasteiger partial charge in [0.05, 0.1) is 34.2 Å². The second-order valence-corrected chi connectivity index (χ2v) is 15.4. The lowest BCUT2D eigenvalue weighted by molar-refractivity contribution is -0.870. The van der Waals surface area contributed by atoms with E-state index in [1.807, 2.05) is 39.3 Å². The van der Waals surface area contributed by atoms with Crippen LogP contribution >= 0.6 is 7.82 Å². The van der Waals surface area contributed by atoms with Crippen molar-refractivity contribution in [3.8, 4) is 0 Å².